The first-order valence-corrected chi connectivity index (χ1v) is 14.2. The normalized spacial score (nSPS) is 10.9. The summed E-state index contributed by atoms with van der Waals surface area (Å²) in [7, 11) is 0. The van der Waals surface area contributed by atoms with Crippen LogP contribution in [0.25, 0.3) is 0 Å². The first-order valence-electron chi connectivity index (χ1n) is 13.8. The number of ether oxygens (including phenoxy) is 1. The fraction of sp³-hybridized carbons (Fsp3) is 0.600. The van der Waals surface area contributed by atoms with Crippen LogP contribution in [0.4, 0.5) is 0 Å². The highest BCUT2D eigenvalue weighted by Crippen LogP contribution is 2.23. The van der Waals surface area contributed by atoms with E-state index in [0.29, 0.717) is 23.7 Å². The summed E-state index contributed by atoms with van der Waals surface area (Å²) in [4.78, 5) is 12.6. The summed E-state index contributed by atoms with van der Waals surface area (Å²) in [5.74, 6) is 0.547. The zero-order valence-electron chi connectivity index (χ0n) is 22.0. The zero-order chi connectivity index (χ0) is 25.1. The van der Waals surface area contributed by atoms with Gasteiger partial charge in [0.25, 0.3) is 5.91 Å². The van der Waals surface area contributed by atoms with E-state index in [1.54, 1.807) is 12.1 Å². The molecule has 1 aromatic carbocycles. The van der Waals surface area contributed by atoms with E-state index >= 15 is 0 Å². The van der Waals surface area contributed by atoms with Crippen LogP contribution in [-0.4, -0.2) is 12.5 Å². The molecule has 4 nitrogen and oxygen atoms in total. The van der Waals surface area contributed by atoms with E-state index in [1.807, 2.05) is 30.6 Å². The molecule has 0 aliphatic heterocycles. The van der Waals surface area contributed by atoms with Crippen molar-refractivity contribution in [2.45, 2.75) is 110 Å². The average molecular weight is 502 g/mol. The fourth-order valence-corrected chi connectivity index (χ4v) is 4.45. The van der Waals surface area contributed by atoms with E-state index in [9.17, 15) is 4.79 Å². The number of nitrogens with one attached hydrogen (secondary N) is 1. The molecule has 194 valence electrons. The Labute approximate surface area is 218 Å². The van der Waals surface area contributed by atoms with E-state index in [1.165, 1.54) is 70.6 Å². The molecule has 0 spiro atoms. The molecule has 0 fully saturated rings. The average Bonchev–Trinajstić information content (AvgIpc) is 2.86. The van der Waals surface area contributed by atoms with Crippen molar-refractivity contribution < 1.29 is 14.1 Å². The number of amides is 1. The van der Waals surface area contributed by atoms with Gasteiger partial charge in [-0.2, -0.15) is 0 Å². The molecule has 1 heterocycles. The SMILES string of the molecule is CCCCCCCCCCCCCCOc1ccc(C(=O)NCc2cc[n+](CCC)cc2)c(Cl)c1. The predicted octanol–water partition coefficient (Wildman–Crippen LogP) is 8.05. The molecule has 2 rings (SSSR count). The van der Waals surface area contributed by atoms with Crippen LogP contribution >= 0.6 is 11.6 Å². The summed E-state index contributed by atoms with van der Waals surface area (Å²) < 4.78 is 7.99. The lowest BCUT2D eigenvalue weighted by molar-refractivity contribution is -0.697. The van der Waals surface area contributed by atoms with E-state index in [2.05, 4.69) is 23.7 Å². The molecule has 0 atom stereocenters. The van der Waals surface area contributed by atoms with Gasteiger partial charge >= 0.3 is 0 Å². The molecule has 1 N–H and O–H groups in total. The van der Waals surface area contributed by atoms with Crippen molar-refractivity contribution in [3.63, 3.8) is 0 Å². The molecule has 0 aliphatic rings. The van der Waals surface area contributed by atoms with Gasteiger partial charge in [-0.05, 0) is 30.2 Å². The summed E-state index contributed by atoms with van der Waals surface area (Å²) >= 11 is 6.38. The van der Waals surface area contributed by atoms with Gasteiger partial charge in [0, 0.05) is 25.1 Å². The lowest BCUT2D eigenvalue weighted by atomic mass is 10.1. The van der Waals surface area contributed by atoms with Crippen molar-refractivity contribution in [3.8, 4) is 5.75 Å². The van der Waals surface area contributed by atoms with Crippen LogP contribution in [0.15, 0.2) is 42.7 Å². The van der Waals surface area contributed by atoms with E-state index < -0.39 is 0 Å². The number of aryl methyl sites for hydroxylation is 1. The summed E-state index contributed by atoms with van der Waals surface area (Å²) in [6.07, 6.45) is 21.1. The highest BCUT2D eigenvalue weighted by atomic mass is 35.5. The number of carbonyl (C=O) groups excluding carboxylic acids is 1. The largest absolute Gasteiger partial charge is 0.494 e. The number of pyridine rings is 1. The summed E-state index contributed by atoms with van der Waals surface area (Å²) in [6.45, 7) is 6.58. The summed E-state index contributed by atoms with van der Waals surface area (Å²) in [5.41, 5.74) is 1.53. The van der Waals surface area contributed by atoms with Crippen molar-refractivity contribution in [1.82, 2.24) is 5.32 Å². The molecule has 0 aliphatic carbocycles. The Hall–Kier alpha value is -2.07. The van der Waals surface area contributed by atoms with Gasteiger partial charge in [-0.25, -0.2) is 4.57 Å². The third-order valence-corrected chi connectivity index (χ3v) is 6.66. The second-order valence-corrected chi connectivity index (χ2v) is 9.91. The van der Waals surface area contributed by atoms with Gasteiger partial charge in [-0.1, -0.05) is 96.1 Å². The number of carbonyl (C=O) groups is 1. The molecule has 0 saturated heterocycles. The molecule has 0 saturated carbocycles. The topological polar surface area (TPSA) is 42.2 Å². The Balaban J connectivity index is 1.57. The van der Waals surface area contributed by atoms with Crippen LogP contribution in [0, 0.1) is 0 Å². The molecule has 1 aromatic heterocycles. The second kappa shape index (κ2) is 18.2. The molecule has 2 aromatic rings. The Bertz CT molecular complexity index is 839. The molecule has 1 amide bonds. The standard InChI is InChI=1S/C30H45ClN2O2/c1-3-5-6-7-8-9-10-11-12-13-14-15-23-35-27-16-17-28(29(31)24-27)30(34)32-25-26-18-21-33(20-4-2)22-19-26/h16-19,21-22,24H,3-15,20,23,25H2,1-2H3/p+1. The minimum atomic E-state index is -0.173. The lowest BCUT2D eigenvalue weighted by Gasteiger charge is -2.10. The maximum atomic E-state index is 12.6. The number of halogens is 1. The number of aromatic nitrogens is 1. The summed E-state index contributed by atoms with van der Waals surface area (Å²) in [5, 5.41) is 3.37. The van der Waals surface area contributed by atoms with Gasteiger partial charge in [0.2, 0.25) is 0 Å². The van der Waals surface area contributed by atoms with Crippen LogP contribution in [0.1, 0.15) is 113 Å². The quantitative estimate of drug-likeness (QED) is 0.156. The smallest absolute Gasteiger partial charge is 0.253 e. The molecular weight excluding hydrogens is 456 g/mol. The number of nitrogens with zero attached hydrogens (tertiary/aromatic N) is 1. The molecular formula is C30H46ClN2O2+. The van der Waals surface area contributed by atoms with Crippen molar-refractivity contribution in [1.29, 1.82) is 0 Å². The third kappa shape index (κ3) is 12.5. The minimum absolute atomic E-state index is 0.173. The minimum Gasteiger partial charge on any atom is -0.494 e. The second-order valence-electron chi connectivity index (χ2n) is 9.51. The summed E-state index contributed by atoms with van der Waals surface area (Å²) in [6, 6.07) is 9.38. The van der Waals surface area contributed by atoms with Crippen LogP contribution in [0.3, 0.4) is 0 Å². The van der Waals surface area contributed by atoms with Gasteiger partial charge in [-0.3, -0.25) is 4.79 Å². The molecule has 5 heteroatoms. The first kappa shape index (κ1) is 29.2. The van der Waals surface area contributed by atoms with Crippen LogP contribution < -0.4 is 14.6 Å². The van der Waals surface area contributed by atoms with E-state index in [0.717, 1.165) is 30.7 Å². The number of rotatable bonds is 19. The molecule has 0 bridgehead atoms. The maximum Gasteiger partial charge on any atom is 0.253 e. The van der Waals surface area contributed by atoms with Crippen molar-refractivity contribution >= 4 is 17.5 Å². The van der Waals surface area contributed by atoms with Gasteiger partial charge in [0.15, 0.2) is 12.4 Å². The first-order chi connectivity index (χ1) is 17.1. The Kier molecular flexibility index (Phi) is 15.2. The molecule has 0 unspecified atom stereocenters. The van der Waals surface area contributed by atoms with Crippen LogP contribution in [0.2, 0.25) is 5.02 Å². The third-order valence-electron chi connectivity index (χ3n) is 6.35. The lowest BCUT2D eigenvalue weighted by Crippen LogP contribution is -2.32. The Morgan fingerprint density at radius 1 is 0.829 bits per heavy atom. The van der Waals surface area contributed by atoms with Crippen molar-refractivity contribution in [3.05, 3.63) is 58.9 Å². The van der Waals surface area contributed by atoms with Gasteiger partial charge in [-0.15, -0.1) is 0 Å². The van der Waals surface area contributed by atoms with Gasteiger partial charge < -0.3 is 10.1 Å². The zero-order valence-corrected chi connectivity index (χ0v) is 22.8. The van der Waals surface area contributed by atoms with Crippen molar-refractivity contribution in [2.75, 3.05) is 6.61 Å². The highest BCUT2D eigenvalue weighted by molar-refractivity contribution is 6.34. The monoisotopic (exact) mass is 501 g/mol. The van der Waals surface area contributed by atoms with Crippen LogP contribution in [0.5, 0.6) is 5.75 Å². The van der Waals surface area contributed by atoms with Crippen LogP contribution in [-0.2, 0) is 13.1 Å². The van der Waals surface area contributed by atoms with E-state index in [4.69, 9.17) is 16.3 Å². The fourth-order valence-electron chi connectivity index (χ4n) is 4.19. The molecule has 35 heavy (non-hydrogen) atoms. The van der Waals surface area contributed by atoms with Crippen molar-refractivity contribution in [2.24, 2.45) is 0 Å². The Morgan fingerprint density at radius 3 is 2.00 bits per heavy atom. The van der Waals surface area contributed by atoms with E-state index in [-0.39, 0.29) is 5.91 Å². The Morgan fingerprint density at radius 2 is 1.43 bits per heavy atom. The number of unbranched alkanes of at least 4 members (excludes halogenated alkanes) is 11. The number of benzene rings is 1. The van der Waals surface area contributed by atoms with Gasteiger partial charge in [0.1, 0.15) is 12.3 Å². The maximum absolute atomic E-state index is 12.6. The number of hydrogen-bond donors (Lipinski definition) is 1. The predicted molar refractivity (Wildman–Crippen MR) is 146 cm³/mol. The molecule has 0 radical (unpaired) electrons. The number of hydrogen-bond acceptors (Lipinski definition) is 2. The van der Waals surface area contributed by atoms with Gasteiger partial charge in [0.05, 0.1) is 17.2 Å². The highest BCUT2D eigenvalue weighted by Gasteiger charge is 2.12.